The molecule has 0 atom stereocenters. The predicted molar refractivity (Wildman–Crippen MR) is 91.0 cm³/mol. The van der Waals surface area contributed by atoms with Gasteiger partial charge < -0.3 is 10.1 Å². The summed E-state index contributed by atoms with van der Waals surface area (Å²) in [5.41, 5.74) is 0. The highest BCUT2D eigenvalue weighted by Crippen LogP contribution is 2.20. The molecule has 1 amide bonds. The second kappa shape index (κ2) is 7.30. The quantitative estimate of drug-likeness (QED) is 0.875. The molecule has 2 aromatic rings. The summed E-state index contributed by atoms with van der Waals surface area (Å²) in [6, 6.07) is 14.1. The summed E-state index contributed by atoms with van der Waals surface area (Å²) in [7, 11) is 0. The maximum atomic E-state index is 12.1. The number of ether oxygens (including phenoxy) is 1. The lowest BCUT2D eigenvalue weighted by atomic mass is 9.93. The summed E-state index contributed by atoms with van der Waals surface area (Å²) in [6.07, 6.45) is 0. The Kier molecular flexibility index (Phi) is 5.42. The summed E-state index contributed by atoms with van der Waals surface area (Å²) < 4.78 is 5.62. The number of benzene rings is 2. The summed E-state index contributed by atoms with van der Waals surface area (Å²) in [4.78, 5) is 12.1. The molecule has 0 bridgehead atoms. The minimum absolute atomic E-state index is 0.0499. The maximum absolute atomic E-state index is 12.1. The highest BCUT2D eigenvalue weighted by atomic mass is 16.5. The Hall–Kier alpha value is -2.03. The molecular formula is C19H25NO2. The molecule has 0 aromatic heterocycles. The van der Waals surface area contributed by atoms with Gasteiger partial charge in [-0.3, -0.25) is 4.79 Å². The van der Waals surface area contributed by atoms with E-state index >= 15 is 0 Å². The van der Waals surface area contributed by atoms with E-state index in [0.717, 1.165) is 11.1 Å². The van der Waals surface area contributed by atoms with E-state index in [4.69, 9.17) is 4.74 Å². The van der Waals surface area contributed by atoms with Crippen LogP contribution < -0.4 is 10.1 Å². The number of hydrogen-bond acceptors (Lipinski definition) is 2. The smallest absolute Gasteiger partial charge is 0.258 e. The van der Waals surface area contributed by atoms with E-state index in [1.807, 2.05) is 36.4 Å². The van der Waals surface area contributed by atoms with Gasteiger partial charge in [-0.25, -0.2) is 0 Å². The Bertz CT molecular complexity index is 626. The summed E-state index contributed by atoms with van der Waals surface area (Å²) in [5, 5.41) is 5.34. The van der Waals surface area contributed by atoms with Crippen molar-refractivity contribution < 1.29 is 9.53 Å². The predicted octanol–water partition coefficient (Wildman–Crippen LogP) is 4.02. The molecule has 0 aliphatic rings. The first kappa shape index (κ1) is 16.3. The van der Waals surface area contributed by atoms with Crippen molar-refractivity contribution in [2.45, 2.75) is 33.7 Å². The molecule has 0 spiro atoms. The molecule has 0 saturated carbocycles. The first-order valence-corrected chi connectivity index (χ1v) is 7.88. The first-order chi connectivity index (χ1) is 10.5. The summed E-state index contributed by atoms with van der Waals surface area (Å²) in [6.45, 7) is 8.53. The fourth-order valence-corrected chi connectivity index (χ4v) is 2.74. The minimum atomic E-state index is -0.0689. The molecular weight excluding hydrogens is 274 g/mol. The van der Waals surface area contributed by atoms with Crippen LogP contribution in [0.2, 0.25) is 0 Å². The van der Waals surface area contributed by atoms with Crippen molar-refractivity contribution >= 4 is 16.7 Å². The Morgan fingerprint density at radius 2 is 1.64 bits per heavy atom. The second-order valence-electron chi connectivity index (χ2n) is 6.38. The Morgan fingerprint density at radius 1 is 1.00 bits per heavy atom. The van der Waals surface area contributed by atoms with Gasteiger partial charge in [-0.1, -0.05) is 58.0 Å². The van der Waals surface area contributed by atoms with Crippen LogP contribution in [-0.4, -0.2) is 18.6 Å². The lowest BCUT2D eigenvalue weighted by Gasteiger charge is -2.26. The van der Waals surface area contributed by atoms with Crippen molar-refractivity contribution in [2.75, 3.05) is 6.61 Å². The van der Waals surface area contributed by atoms with Gasteiger partial charge in [-0.05, 0) is 34.7 Å². The van der Waals surface area contributed by atoms with E-state index in [2.05, 4.69) is 39.1 Å². The number of hydrogen-bond donors (Lipinski definition) is 1. The zero-order valence-corrected chi connectivity index (χ0v) is 13.8. The Balaban J connectivity index is 1.94. The van der Waals surface area contributed by atoms with E-state index < -0.39 is 0 Å². The fourth-order valence-electron chi connectivity index (χ4n) is 2.74. The Labute approximate surface area is 132 Å². The average molecular weight is 299 g/mol. The van der Waals surface area contributed by atoms with Crippen LogP contribution >= 0.6 is 0 Å². The van der Waals surface area contributed by atoms with Crippen LogP contribution in [0, 0.1) is 11.8 Å². The third kappa shape index (κ3) is 4.23. The van der Waals surface area contributed by atoms with Crippen molar-refractivity contribution in [2.24, 2.45) is 11.8 Å². The molecule has 0 aliphatic heterocycles. The van der Waals surface area contributed by atoms with Crippen molar-refractivity contribution in [1.82, 2.24) is 5.32 Å². The molecule has 1 N–H and O–H groups in total. The van der Waals surface area contributed by atoms with Crippen molar-refractivity contribution in [1.29, 1.82) is 0 Å². The monoisotopic (exact) mass is 299 g/mol. The molecule has 0 unspecified atom stereocenters. The topological polar surface area (TPSA) is 38.3 Å². The van der Waals surface area contributed by atoms with E-state index in [1.165, 1.54) is 5.39 Å². The van der Waals surface area contributed by atoms with Crippen molar-refractivity contribution in [3.8, 4) is 5.75 Å². The van der Waals surface area contributed by atoms with Gasteiger partial charge in [-0.15, -0.1) is 0 Å². The molecule has 0 heterocycles. The molecule has 0 aliphatic carbocycles. The van der Waals surface area contributed by atoms with Gasteiger partial charge in [0.25, 0.3) is 5.91 Å². The average Bonchev–Trinajstić information content (AvgIpc) is 2.49. The largest absolute Gasteiger partial charge is 0.484 e. The van der Waals surface area contributed by atoms with Gasteiger partial charge in [0, 0.05) is 6.04 Å². The molecule has 2 aromatic carbocycles. The summed E-state index contributed by atoms with van der Waals surface area (Å²) >= 11 is 0. The van der Waals surface area contributed by atoms with Crippen LogP contribution in [0.15, 0.2) is 42.5 Å². The van der Waals surface area contributed by atoms with Gasteiger partial charge in [0.1, 0.15) is 5.75 Å². The number of rotatable bonds is 6. The van der Waals surface area contributed by atoms with E-state index in [0.29, 0.717) is 11.8 Å². The number of fused-ring (bicyclic) bond motifs is 1. The number of amides is 1. The molecule has 3 heteroatoms. The normalized spacial score (nSPS) is 11.4. The molecule has 22 heavy (non-hydrogen) atoms. The van der Waals surface area contributed by atoms with Crippen LogP contribution in [0.3, 0.4) is 0 Å². The van der Waals surface area contributed by atoms with E-state index in [1.54, 1.807) is 0 Å². The highest BCUT2D eigenvalue weighted by Gasteiger charge is 2.19. The summed E-state index contributed by atoms with van der Waals surface area (Å²) in [5.74, 6) is 1.47. The van der Waals surface area contributed by atoms with Crippen LogP contribution in [-0.2, 0) is 4.79 Å². The standard InChI is InChI=1S/C19H25NO2/c1-13(2)19(14(3)4)20-18(21)12-22-17-10-9-15-7-5-6-8-16(15)11-17/h5-11,13-14,19H,12H2,1-4H3,(H,20,21). The van der Waals surface area contributed by atoms with Gasteiger partial charge in [-0.2, -0.15) is 0 Å². The maximum Gasteiger partial charge on any atom is 0.258 e. The lowest BCUT2D eigenvalue weighted by molar-refractivity contribution is -0.124. The van der Waals surface area contributed by atoms with E-state index in [-0.39, 0.29) is 18.6 Å². The molecule has 0 radical (unpaired) electrons. The third-order valence-electron chi connectivity index (χ3n) is 3.85. The number of carbonyl (C=O) groups excluding carboxylic acids is 1. The molecule has 2 rings (SSSR count). The number of carbonyl (C=O) groups is 1. The van der Waals surface area contributed by atoms with Crippen molar-refractivity contribution in [3.63, 3.8) is 0 Å². The van der Waals surface area contributed by atoms with Crippen molar-refractivity contribution in [3.05, 3.63) is 42.5 Å². The molecule has 0 fully saturated rings. The van der Waals surface area contributed by atoms with Crippen LogP contribution in [0.1, 0.15) is 27.7 Å². The molecule has 0 saturated heterocycles. The zero-order chi connectivity index (χ0) is 16.1. The van der Waals surface area contributed by atoms with Gasteiger partial charge >= 0.3 is 0 Å². The van der Waals surface area contributed by atoms with Gasteiger partial charge in [0.2, 0.25) is 0 Å². The Morgan fingerprint density at radius 3 is 2.27 bits per heavy atom. The zero-order valence-electron chi connectivity index (χ0n) is 13.8. The first-order valence-electron chi connectivity index (χ1n) is 7.88. The van der Waals surface area contributed by atoms with Crippen LogP contribution in [0.4, 0.5) is 0 Å². The van der Waals surface area contributed by atoms with E-state index in [9.17, 15) is 4.79 Å². The van der Waals surface area contributed by atoms with Crippen LogP contribution in [0.25, 0.3) is 10.8 Å². The molecule has 3 nitrogen and oxygen atoms in total. The second-order valence-corrected chi connectivity index (χ2v) is 6.38. The SMILES string of the molecule is CC(C)C(NC(=O)COc1ccc2ccccc2c1)C(C)C. The minimum Gasteiger partial charge on any atom is -0.484 e. The van der Waals surface area contributed by atoms with Crippen LogP contribution in [0.5, 0.6) is 5.75 Å². The van der Waals surface area contributed by atoms with Gasteiger partial charge in [0.15, 0.2) is 6.61 Å². The third-order valence-corrected chi connectivity index (χ3v) is 3.85. The molecule has 118 valence electrons. The lowest BCUT2D eigenvalue weighted by Crippen LogP contribution is -2.44. The fraction of sp³-hybridized carbons (Fsp3) is 0.421. The highest BCUT2D eigenvalue weighted by molar-refractivity contribution is 5.84. The number of nitrogens with one attached hydrogen (secondary N) is 1. The van der Waals surface area contributed by atoms with Gasteiger partial charge in [0.05, 0.1) is 0 Å².